The van der Waals surface area contributed by atoms with Gasteiger partial charge in [0, 0.05) is 39.3 Å². The Labute approximate surface area is 174 Å². The van der Waals surface area contributed by atoms with Gasteiger partial charge in [-0.2, -0.15) is 4.31 Å². The Kier molecular flexibility index (Phi) is 9.59. The molecule has 2 N–H and O–H groups in total. The van der Waals surface area contributed by atoms with Gasteiger partial charge in [-0.25, -0.2) is 13.4 Å². The highest BCUT2D eigenvalue weighted by Gasteiger charge is 2.31. The number of carbonyl (C=O) groups is 1. The molecule has 0 bridgehead atoms. The van der Waals surface area contributed by atoms with Crippen LogP contribution in [0.1, 0.15) is 38.5 Å². The molecule has 152 valence electrons. The molecule has 2 fully saturated rings. The SMILES string of the molecule is CN(C)C(=O)CN=C(NC[C@H]1CCCN1S(C)(=O)=O)NC1CCCC1.I. The smallest absolute Gasteiger partial charge is 0.243 e. The Hall–Kier alpha value is -0.620. The van der Waals surface area contributed by atoms with E-state index in [1.54, 1.807) is 18.4 Å². The van der Waals surface area contributed by atoms with Crippen molar-refractivity contribution in [3.05, 3.63) is 0 Å². The number of rotatable bonds is 6. The molecule has 2 rings (SSSR count). The Morgan fingerprint density at radius 1 is 1.19 bits per heavy atom. The zero-order chi connectivity index (χ0) is 18.4. The molecule has 10 heteroatoms. The fourth-order valence-electron chi connectivity index (χ4n) is 3.37. The molecule has 0 aromatic heterocycles. The Balaban J connectivity index is 0.00000338. The normalized spacial score (nSPS) is 22.1. The summed E-state index contributed by atoms with van der Waals surface area (Å²) in [5.41, 5.74) is 0. The van der Waals surface area contributed by atoms with E-state index in [1.165, 1.54) is 24.0 Å². The molecule has 1 heterocycles. The minimum atomic E-state index is -3.19. The summed E-state index contributed by atoms with van der Waals surface area (Å²) in [6, 6.07) is 0.311. The van der Waals surface area contributed by atoms with Crippen LogP contribution in [-0.2, 0) is 14.8 Å². The molecule has 0 spiro atoms. The Morgan fingerprint density at radius 3 is 2.42 bits per heavy atom. The number of nitrogens with zero attached hydrogens (tertiary/aromatic N) is 3. The first-order chi connectivity index (χ1) is 11.8. The lowest BCUT2D eigenvalue weighted by Gasteiger charge is -2.24. The summed E-state index contributed by atoms with van der Waals surface area (Å²) in [4.78, 5) is 17.7. The lowest BCUT2D eigenvalue weighted by Crippen LogP contribution is -2.48. The van der Waals surface area contributed by atoms with E-state index in [1.807, 2.05) is 0 Å². The maximum Gasteiger partial charge on any atom is 0.243 e. The molecule has 2 aliphatic rings. The summed E-state index contributed by atoms with van der Waals surface area (Å²) in [5.74, 6) is 0.536. The summed E-state index contributed by atoms with van der Waals surface area (Å²) >= 11 is 0. The third-order valence-electron chi connectivity index (χ3n) is 4.82. The topological polar surface area (TPSA) is 94.1 Å². The van der Waals surface area contributed by atoms with Crippen LogP contribution in [0.25, 0.3) is 0 Å². The summed E-state index contributed by atoms with van der Waals surface area (Å²) in [7, 11) is 0.226. The van der Waals surface area contributed by atoms with E-state index in [0.29, 0.717) is 25.1 Å². The van der Waals surface area contributed by atoms with Gasteiger partial charge < -0.3 is 15.5 Å². The second-order valence-electron chi connectivity index (χ2n) is 7.13. The third kappa shape index (κ3) is 7.18. The van der Waals surface area contributed by atoms with E-state index < -0.39 is 10.0 Å². The van der Waals surface area contributed by atoms with Crippen LogP contribution in [0, 0.1) is 0 Å². The number of hydrogen-bond donors (Lipinski definition) is 2. The lowest BCUT2D eigenvalue weighted by molar-refractivity contribution is -0.127. The van der Waals surface area contributed by atoms with Crippen molar-refractivity contribution in [3.8, 4) is 0 Å². The summed E-state index contributed by atoms with van der Waals surface area (Å²) in [6.07, 6.45) is 7.57. The van der Waals surface area contributed by atoms with Crippen LogP contribution < -0.4 is 10.6 Å². The average molecular weight is 501 g/mol. The van der Waals surface area contributed by atoms with Crippen molar-refractivity contribution in [1.29, 1.82) is 0 Å². The van der Waals surface area contributed by atoms with Gasteiger partial charge in [0.25, 0.3) is 0 Å². The average Bonchev–Trinajstić information content (AvgIpc) is 3.20. The molecule has 0 aromatic carbocycles. The summed E-state index contributed by atoms with van der Waals surface area (Å²) in [6.45, 7) is 1.16. The molecule has 1 aliphatic heterocycles. The monoisotopic (exact) mass is 501 g/mol. The second kappa shape index (κ2) is 10.6. The van der Waals surface area contributed by atoms with Gasteiger partial charge in [-0.05, 0) is 25.7 Å². The number of sulfonamides is 1. The van der Waals surface area contributed by atoms with Crippen LogP contribution in [0.4, 0.5) is 0 Å². The van der Waals surface area contributed by atoms with Gasteiger partial charge in [0.2, 0.25) is 15.9 Å². The van der Waals surface area contributed by atoms with Crippen molar-refractivity contribution < 1.29 is 13.2 Å². The first-order valence-electron chi connectivity index (χ1n) is 8.99. The standard InChI is InChI=1S/C16H31N5O3S.HI/c1-20(2)15(22)12-18-16(19-13-7-4-5-8-13)17-11-14-9-6-10-21(14)25(3,23)24;/h13-14H,4-12H2,1-3H3,(H2,17,18,19);1H/t14-;/m1./s1. The van der Waals surface area contributed by atoms with E-state index in [9.17, 15) is 13.2 Å². The van der Waals surface area contributed by atoms with Crippen LogP contribution >= 0.6 is 24.0 Å². The van der Waals surface area contributed by atoms with Crippen molar-refractivity contribution in [2.75, 3.05) is 40.0 Å². The predicted octanol–water partition coefficient (Wildman–Crippen LogP) is 0.594. The third-order valence-corrected chi connectivity index (χ3v) is 6.15. The summed E-state index contributed by atoms with van der Waals surface area (Å²) < 4.78 is 25.3. The molecular weight excluding hydrogens is 469 g/mol. The number of aliphatic imine (C=N–C) groups is 1. The number of amides is 1. The van der Waals surface area contributed by atoms with Gasteiger partial charge in [-0.1, -0.05) is 12.8 Å². The lowest BCUT2D eigenvalue weighted by atomic mass is 10.2. The van der Waals surface area contributed by atoms with Gasteiger partial charge in [0.05, 0.1) is 6.26 Å². The van der Waals surface area contributed by atoms with Crippen molar-refractivity contribution >= 4 is 45.9 Å². The number of guanidine groups is 1. The summed E-state index contributed by atoms with van der Waals surface area (Å²) in [5, 5.41) is 6.63. The maximum atomic E-state index is 11.9. The molecule has 0 aromatic rings. The Bertz CT molecular complexity index is 591. The molecule has 1 amide bonds. The van der Waals surface area contributed by atoms with Crippen molar-refractivity contribution in [3.63, 3.8) is 0 Å². The van der Waals surface area contributed by atoms with Crippen LogP contribution in [-0.4, -0.2) is 81.6 Å². The van der Waals surface area contributed by atoms with Gasteiger partial charge >= 0.3 is 0 Å². The molecule has 1 saturated heterocycles. The molecule has 0 unspecified atom stereocenters. The molecule has 0 radical (unpaired) electrons. The first-order valence-corrected chi connectivity index (χ1v) is 10.8. The highest BCUT2D eigenvalue weighted by atomic mass is 127. The number of halogens is 1. The first kappa shape index (κ1) is 23.4. The maximum absolute atomic E-state index is 11.9. The molecule has 8 nitrogen and oxygen atoms in total. The van der Waals surface area contributed by atoms with E-state index in [-0.39, 0.29) is 42.5 Å². The van der Waals surface area contributed by atoms with Crippen LogP contribution in [0.3, 0.4) is 0 Å². The van der Waals surface area contributed by atoms with E-state index >= 15 is 0 Å². The molecule has 1 atom stereocenters. The molecule has 1 saturated carbocycles. The number of carbonyl (C=O) groups excluding carboxylic acids is 1. The van der Waals surface area contributed by atoms with Crippen molar-refractivity contribution in [2.45, 2.75) is 50.6 Å². The minimum Gasteiger partial charge on any atom is -0.355 e. The van der Waals surface area contributed by atoms with Crippen LogP contribution in [0.2, 0.25) is 0 Å². The highest BCUT2D eigenvalue weighted by molar-refractivity contribution is 14.0. The van der Waals surface area contributed by atoms with Gasteiger partial charge in [0.1, 0.15) is 6.54 Å². The molecular formula is C16H32IN5O3S. The largest absolute Gasteiger partial charge is 0.355 e. The van der Waals surface area contributed by atoms with Gasteiger partial charge in [-0.3, -0.25) is 4.79 Å². The fraction of sp³-hybridized carbons (Fsp3) is 0.875. The van der Waals surface area contributed by atoms with Crippen LogP contribution in [0.15, 0.2) is 4.99 Å². The predicted molar refractivity (Wildman–Crippen MR) is 114 cm³/mol. The zero-order valence-corrected chi connectivity index (χ0v) is 19.0. The van der Waals surface area contributed by atoms with E-state index in [0.717, 1.165) is 25.7 Å². The van der Waals surface area contributed by atoms with Crippen molar-refractivity contribution in [1.82, 2.24) is 19.8 Å². The van der Waals surface area contributed by atoms with Crippen LogP contribution in [0.5, 0.6) is 0 Å². The second-order valence-corrected chi connectivity index (χ2v) is 9.06. The molecule has 1 aliphatic carbocycles. The minimum absolute atomic E-state index is 0. The van der Waals surface area contributed by atoms with Crippen molar-refractivity contribution in [2.24, 2.45) is 4.99 Å². The Morgan fingerprint density at radius 2 is 1.85 bits per heavy atom. The van der Waals surface area contributed by atoms with Gasteiger partial charge in [0.15, 0.2) is 5.96 Å². The number of nitrogens with one attached hydrogen (secondary N) is 2. The van der Waals surface area contributed by atoms with E-state index in [4.69, 9.17) is 0 Å². The zero-order valence-electron chi connectivity index (χ0n) is 15.9. The van der Waals surface area contributed by atoms with Gasteiger partial charge in [-0.15, -0.1) is 24.0 Å². The molecule has 26 heavy (non-hydrogen) atoms. The van der Waals surface area contributed by atoms with E-state index in [2.05, 4.69) is 15.6 Å². The quantitative estimate of drug-likeness (QED) is 0.316. The fourth-order valence-corrected chi connectivity index (χ4v) is 4.55. The number of hydrogen-bond acceptors (Lipinski definition) is 4. The highest BCUT2D eigenvalue weighted by Crippen LogP contribution is 2.20. The number of likely N-dealkylation sites (N-methyl/N-ethyl adjacent to an activating group) is 1.